The van der Waals surface area contributed by atoms with Crippen molar-refractivity contribution in [2.24, 2.45) is 0 Å². The Morgan fingerprint density at radius 3 is 2.53 bits per heavy atom. The molecular weight excluding hydrogens is 268 g/mol. The number of hydrogen-bond donors (Lipinski definition) is 2. The minimum atomic E-state index is -1.29. The monoisotopic (exact) mass is 290 g/mol. The van der Waals surface area contributed by atoms with Gasteiger partial charge < -0.3 is 19.7 Å². The van der Waals surface area contributed by atoms with Crippen molar-refractivity contribution in [3.8, 4) is 0 Å². The lowest BCUT2D eigenvalue weighted by atomic mass is 10.1. The highest BCUT2D eigenvalue weighted by molar-refractivity contribution is 6.76. The van der Waals surface area contributed by atoms with Gasteiger partial charge in [-0.05, 0) is 6.42 Å². The fraction of sp³-hybridized carbons (Fsp3) is 0.833. The summed E-state index contributed by atoms with van der Waals surface area (Å²) < 4.78 is 10.1. The predicted molar refractivity (Wildman–Crippen MR) is 70.5 cm³/mol. The van der Waals surface area contributed by atoms with E-state index in [1.165, 1.54) is 0 Å². The van der Waals surface area contributed by atoms with Crippen LogP contribution in [0.25, 0.3) is 0 Å². The quantitative estimate of drug-likeness (QED) is 0.295. The summed E-state index contributed by atoms with van der Waals surface area (Å²) >= 11 is 0. The van der Waals surface area contributed by atoms with Crippen LogP contribution in [0.2, 0.25) is 25.7 Å². The molecule has 110 valence electrons. The molecule has 3 atom stereocenters. The van der Waals surface area contributed by atoms with Crippen LogP contribution in [0.5, 0.6) is 0 Å². The van der Waals surface area contributed by atoms with Crippen LogP contribution < -0.4 is 0 Å². The molecule has 2 N–H and O–H groups in total. The first kappa shape index (κ1) is 16.3. The van der Waals surface area contributed by atoms with E-state index in [1.807, 2.05) is 0 Å². The molecule has 0 radical (unpaired) electrons. The predicted octanol–water partition coefficient (Wildman–Crippen LogP) is -0.0524. The number of carbonyl (C=O) groups excluding carboxylic acids is 2. The Morgan fingerprint density at radius 2 is 2.00 bits per heavy atom. The minimum Gasteiger partial charge on any atom is -0.450 e. The molecule has 0 bridgehead atoms. The van der Waals surface area contributed by atoms with Gasteiger partial charge in [0.1, 0.15) is 6.10 Å². The molecule has 0 spiro atoms. The molecule has 1 fully saturated rings. The van der Waals surface area contributed by atoms with E-state index < -0.39 is 44.7 Å². The molecule has 0 aliphatic carbocycles. The Hall–Kier alpha value is -0.763. The van der Waals surface area contributed by atoms with Gasteiger partial charge in [0.25, 0.3) is 5.78 Å². The fourth-order valence-corrected chi connectivity index (χ4v) is 3.08. The van der Waals surface area contributed by atoms with Crippen LogP contribution in [0.4, 0.5) is 0 Å². The molecule has 1 saturated heterocycles. The maximum atomic E-state index is 11.5. The maximum absolute atomic E-state index is 11.5. The molecule has 0 aromatic carbocycles. The third kappa shape index (κ3) is 4.68. The third-order valence-electron chi connectivity index (χ3n) is 2.94. The summed E-state index contributed by atoms with van der Waals surface area (Å²) in [6, 6.07) is 1.05. The highest BCUT2D eigenvalue weighted by Crippen LogP contribution is 2.20. The Bertz CT molecular complexity index is 338. The lowest BCUT2D eigenvalue weighted by Gasteiger charge is -2.21. The molecule has 1 heterocycles. The number of ketones is 1. The van der Waals surface area contributed by atoms with E-state index in [4.69, 9.17) is 14.6 Å². The van der Waals surface area contributed by atoms with Gasteiger partial charge in [0, 0.05) is 14.7 Å². The van der Waals surface area contributed by atoms with E-state index in [0.29, 0.717) is 6.61 Å². The van der Waals surface area contributed by atoms with Gasteiger partial charge in [0.2, 0.25) is 0 Å². The second kappa shape index (κ2) is 6.60. The van der Waals surface area contributed by atoms with E-state index in [9.17, 15) is 14.7 Å². The molecular formula is C12H22O6Si. The number of ether oxygens (including phenoxy) is 2. The van der Waals surface area contributed by atoms with Crippen molar-refractivity contribution >= 4 is 19.8 Å². The number of Topliss-reactive ketones (excluding diaryl/α,β-unsaturated/α-hetero) is 1. The Morgan fingerprint density at radius 1 is 1.37 bits per heavy atom. The number of hydrogen-bond acceptors (Lipinski definition) is 6. The van der Waals surface area contributed by atoms with E-state index in [0.717, 1.165) is 12.5 Å². The highest BCUT2D eigenvalue weighted by Gasteiger charge is 2.47. The summed E-state index contributed by atoms with van der Waals surface area (Å²) in [7, 11) is -1.16. The van der Waals surface area contributed by atoms with Gasteiger partial charge in [-0.25, -0.2) is 4.79 Å². The zero-order chi connectivity index (χ0) is 14.6. The van der Waals surface area contributed by atoms with Crippen LogP contribution in [0, 0.1) is 0 Å². The second-order valence-electron chi connectivity index (χ2n) is 5.94. The van der Waals surface area contributed by atoms with Crippen LogP contribution in [-0.4, -0.2) is 61.6 Å². The minimum absolute atomic E-state index is 0.339. The second-order valence-corrected chi connectivity index (χ2v) is 11.6. The van der Waals surface area contributed by atoms with Gasteiger partial charge in [-0.3, -0.25) is 4.79 Å². The third-order valence-corrected chi connectivity index (χ3v) is 4.79. The average Bonchev–Trinajstić information content (AvgIpc) is 2.60. The Labute approximate surface area is 113 Å². The summed E-state index contributed by atoms with van der Waals surface area (Å²) in [5.74, 6) is -1.79. The number of aliphatic hydroxyl groups excluding tert-OH is 2. The van der Waals surface area contributed by atoms with Crippen LogP contribution in [-0.2, 0) is 19.1 Å². The molecule has 0 aromatic rings. The molecule has 1 rings (SSSR count). The summed E-state index contributed by atoms with van der Waals surface area (Å²) in [4.78, 5) is 22.7. The standard InChI is InChI=1S/C12H22O6Si/c1-19(2,3)6-4-5-17-11-9(15)12(16)18-10(11)8(14)7-13/h8,10-11,13-14H,4-7H2,1-3H3. The Kier molecular flexibility index (Phi) is 5.66. The number of cyclic esters (lactones) is 1. The summed E-state index contributed by atoms with van der Waals surface area (Å²) in [5.41, 5.74) is 0. The van der Waals surface area contributed by atoms with Gasteiger partial charge in [-0.2, -0.15) is 0 Å². The van der Waals surface area contributed by atoms with Gasteiger partial charge in [-0.15, -0.1) is 0 Å². The lowest BCUT2D eigenvalue weighted by molar-refractivity contribution is -0.152. The topological polar surface area (TPSA) is 93.1 Å². The van der Waals surface area contributed by atoms with Gasteiger partial charge in [0.15, 0.2) is 12.2 Å². The van der Waals surface area contributed by atoms with Crippen LogP contribution >= 0.6 is 0 Å². The lowest BCUT2D eigenvalue weighted by Crippen LogP contribution is -2.41. The molecule has 1 aliphatic heterocycles. The molecule has 7 heteroatoms. The summed E-state index contributed by atoms with van der Waals surface area (Å²) in [5, 5.41) is 18.4. The highest BCUT2D eigenvalue weighted by atomic mass is 28.3. The van der Waals surface area contributed by atoms with Crippen molar-refractivity contribution in [3.63, 3.8) is 0 Å². The van der Waals surface area contributed by atoms with Crippen LogP contribution in [0.3, 0.4) is 0 Å². The number of esters is 1. The molecule has 3 unspecified atom stereocenters. The summed E-state index contributed by atoms with van der Waals surface area (Å²) in [6.45, 7) is 6.46. The molecule has 0 amide bonds. The zero-order valence-electron chi connectivity index (χ0n) is 11.6. The fourth-order valence-electron chi connectivity index (χ4n) is 1.88. The van der Waals surface area contributed by atoms with Gasteiger partial charge in [-0.1, -0.05) is 25.7 Å². The largest absolute Gasteiger partial charge is 0.450 e. The van der Waals surface area contributed by atoms with Crippen molar-refractivity contribution < 1.29 is 29.3 Å². The smallest absolute Gasteiger partial charge is 0.378 e. The molecule has 0 saturated carbocycles. The Balaban J connectivity index is 2.49. The molecule has 6 nitrogen and oxygen atoms in total. The SMILES string of the molecule is C[Si](C)(C)CCCOC1C(=O)C(=O)OC1C(O)CO. The van der Waals surface area contributed by atoms with Crippen molar-refractivity contribution in [1.82, 2.24) is 0 Å². The number of aliphatic hydroxyl groups is 2. The van der Waals surface area contributed by atoms with Crippen molar-refractivity contribution in [1.29, 1.82) is 0 Å². The van der Waals surface area contributed by atoms with Crippen molar-refractivity contribution in [3.05, 3.63) is 0 Å². The van der Waals surface area contributed by atoms with Crippen LogP contribution in [0.15, 0.2) is 0 Å². The van der Waals surface area contributed by atoms with E-state index in [1.54, 1.807) is 0 Å². The molecule has 19 heavy (non-hydrogen) atoms. The van der Waals surface area contributed by atoms with E-state index in [-0.39, 0.29) is 0 Å². The first-order valence-electron chi connectivity index (χ1n) is 6.41. The molecule has 1 aliphatic rings. The van der Waals surface area contributed by atoms with E-state index >= 15 is 0 Å². The van der Waals surface area contributed by atoms with Crippen molar-refractivity contribution in [2.45, 2.75) is 50.4 Å². The first-order chi connectivity index (χ1) is 8.76. The maximum Gasteiger partial charge on any atom is 0.378 e. The van der Waals surface area contributed by atoms with E-state index in [2.05, 4.69) is 19.6 Å². The normalized spacial score (nSPS) is 25.5. The number of carbonyl (C=O) groups is 2. The van der Waals surface area contributed by atoms with Crippen molar-refractivity contribution in [2.75, 3.05) is 13.2 Å². The average molecular weight is 290 g/mol. The van der Waals surface area contributed by atoms with Crippen LogP contribution in [0.1, 0.15) is 6.42 Å². The number of rotatable bonds is 7. The van der Waals surface area contributed by atoms with Gasteiger partial charge in [0.05, 0.1) is 6.61 Å². The van der Waals surface area contributed by atoms with Gasteiger partial charge >= 0.3 is 5.97 Å². The summed E-state index contributed by atoms with van der Waals surface area (Å²) in [6.07, 6.45) is -2.69. The molecule has 0 aromatic heterocycles. The first-order valence-corrected chi connectivity index (χ1v) is 10.1. The zero-order valence-corrected chi connectivity index (χ0v) is 12.6.